The Labute approximate surface area is 83.6 Å². The molecular formula is C9H18F2N2O. The number of ether oxygens (including phenoxy) is 1. The Bertz CT molecular complexity index is 170. The Morgan fingerprint density at radius 1 is 1.21 bits per heavy atom. The molecule has 0 bridgehead atoms. The number of methoxy groups -OCH3 is 1. The van der Waals surface area contributed by atoms with Crippen LogP contribution < -0.4 is 0 Å². The normalized spacial score (nSPS) is 21.4. The van der Waals surface area contributed by atoms with Gasteiger partial charge in [0.15, 0.2) is 0 Å². The predicted octanol–water partition coefficient (Wildman–Crippen LogP) is 0.516. The summed E-state index contributed by atoms with van der Waals surface area (Å²) in [5, 5.41) is 0. The van der Waals surface area contributed by atoms with Crippen molar-refractivity contribution in [2.24, 2.45) is 0 Å². The minimum absolute atomic E-state index is 0.186. The molecule has 0 aromatic rings. The maximum Gasteiger partial charge on any atom is 0.283 e. The van der Waals surface area contributed by atoms with Gasteiger partial charge < -0.3 is 9.64 Å². The van der Waals surface area contributed by atoms with Gasteiger partial charge in [-0.15, -0.1) is 0 Å². The monoisotopic (exact) mass is 208 g/mol. The van der Waals surface area contributed by atoms with Crippen molar-refractivity contribution < 1.29 is 13.5 Å². The van der Waals surface area contributed by atoms with Crippen LogP contribution in [0.5, 0.6) is 0 Å². The predicted molar refractivity (Wildman–Crippen MR) is 50.8 cm³/mol. The third-order valence-electron chi connectivity index (χ3n) is 2.41. The lowest BCUT2D eigenvalue weighted by atomic mass is 10.2. The van der Waals surface area contributed by atoms with Gasteiger partial charge in [0.25, 0.3) is 5.92 Å². The van der Waals surface area contributed by atoms with Crippen molar-refractivity contribution in [1.29, 1.82) is 0 Å². The zero-order valence-electron chi connectivity index (χ0n) is 8.80. The van der Waals surface area contributed by atoms with Crippen molar-refractivity contribution in [3.8, 4) is 0 Å². The Morgan fingerprint density at radius 3 is 2.29 bits per heavy atom. The Kier molecular flexibility index (Phi) is 4.22. The molecule has 0 atom stereocenters. The second kappa shape index (κ2) is 5.00. The van der Waals surface area contributed by atoms with E-state index in [4.69, 9.17) is 0 Å². The van der Waals surface area contributed by atoms with E-state index < -0.39 is 12.5 Å². The Balaban J connectivity index is 2.29. The highest BCUT2D eigenvalue weighted by molar-refractivity contribution is 4.76. The van der Waals surface area contributed by atoms with Crippen LogP contribution in [0.1, 0.15) is 0 Å². The third kappa shape index (κ3) is 3.86. The number of piperazine rings is 1. The van der Waals surface area contributed by atoms with Crippen LogP contribution in [0.15, 0.2) is 0 Å². The molecule has 3 nitrogen and oxygen atoms in total. The van der Waals surface area contributed by atoms with Gasteiger partial charge in [-0.25, -0.2) is 8.78 Å². The molecule has 0 saturated carbocycles. The average Bonchev–Trinajstić information content (AvgIpc) is 2.08. The average molecular weight is 208 g/mol. The van der Waals surface area contributed by atoms with Gasteiger partial charge in [0.05, 0.1) is 6.54 Å². The summed E-state index contributed by atoms with van der Waals surface area (Å²) in [4.78, 5) is 3.93. The van der Waals surface area contributed by atoms with Crippen LogP contribution in [-0.4, -0.2) is 69.2 Å². The molecule has 0 aliphatic carbocycles. The lowest BCUT2D eigenvalue weighted by molar-refractivity contribution is -0.0884. The largest absolute Gasteiger partial charge is 0.378 e. The van der Waals surface area contributed by atoms with E-state index in [1.807, 2.05) is 7.05 Å². The molecule has 1 saturated heterocycles. The molecule has 1 fully saturated rings. The highest BCUT2D eigenvalue weighted by Crippen LogP contribution is 2.16. The van der Waals surface area contributed by atoms with E-state index in [-0.39, 0.29) is 6.54 Å². The van der Waals surface area contributed by atoms with Crippen molar-refractivity contribution in [2.75, 3.05) is 53.5 Å². The van der Waals surface area contributed by atoms with Gasteiger partial charge in [-0.05, 0) is 7.05 Å². The standard InChI is InChI=1S/C9H18F2N2O/c1-12-3-5-13(6-4-12)7-9(10,11)8-14-2/h3-8H2,1-2H3. The Morgan fingerprint density at radius 2 is 1.79 bits per heavy atom. The van der Waals surface area contributed by atoms with Crippen LogP contribution in [0.25, 0.3) is 0 Å². The topological polar surface area (TPSA) is 15.7 Å². The van der Waals surface area contributed by atoms with Crippen molar-refractivity contribution in [3.63, 3.8) is 0 Å². The van der Waals surface area contributed by atoms with Gasteiger partial charge in [-0.1, -0.05) is 0 Å². The van der Waals surface area contributed by atoms with E-state index in [0.717, 1.165) is 26.2 Å². The van der Waals surface area contributed by atoms with Crippen LogP contribution in [0, 0.1) is 0 Å². The van der Waals surface area contributed by atoms with Gasteiger partial charge >= 0.3 is 0 Å². The Hall–Kier alpha value is -0.260. The molecule has 5 heteroatoms. The highest BCUT2D eigenvalue weighted by atomic mass is 19.3. The van der Waals surface area contributed by atoms with Gasteiger partial charge in [0, 0.05) is 33.3 Å². The number of likely N-dealkylation sites (N-methyl/N-ethyl adjacent to an activating group) is 1. The molecule has 0 N–H and O–H groups in total. The van der Waals surface area contributed by atoms with Gasteiger partial charge in [-0.2, -0.15) is 0 Å². The molecule has 14 heavy (non-hydrogen) atoms. The minimum Gasteiger partial charge on any atom is -0.378 e. The van der Waals surface area contributed by atoms with E-state index in [2.05, 4.69) is 9.64 Å². The van der Waals surface area contributed by atoms with E-state index in [1.54, 1.807) is 4.90 Å². The smallest absolute Gasteiger partial charge is 0.283 e. The second-order valence-electron chi connectivity index (χ2n) is 3.87. The number of rotatable bonds is 4. The summed E-state index contributed by atoms with van der Waals surface area (Å²) in [5.74, 6) is -2.72. The van der Waals surface area contributed by atoms with Crippen molar-refractivity contribution in [2.45, 2.75) is 5.92 Å². The zero-order chi connectivity index (χ0) is 10.6. The first-order valence-electron chi connectivity index (χ1n) is 4.81. The molecule has 1 aliphatic heterocycles. The fourth-order valence-electron chi connectivity index (χ4n) is 1.59. The molecule has 84 valence electrons. The van der Waals surface area contributed by atoms with Crippen LogP contribution in [0.3, 0.4) is 0 Å². The van der Waals surface area contributed by atoms with Crippen LogP contribution in [0.2, 0.25) is 0 Å². The highest BCUT2D eigenvalue weighted by Gasteiger charge is 2.32. The zero-order valence-corrected chi connectivity index (χ0v) is 8.80. The van der Waals surface area contributed by atoms with E-state index in [0.29, 0.717) is 0 Å². The maximum absolute atomic E-state index is 13.1. The van der Waals surface area contributed by atoms with Gasteiger partial charge in [0.2, 0.25) is 0 Å². The second-order valence-corrected chi connectivity index (χ2v) is 3.87. The lowest BCUT2D eigenvalue weighted by Gasteiger charge is -2.34. The summed E-state index contributed by atoms with van der Waals surface area (Å²) in [5.41, 5.74) is 0. The third-order valence-corrected chi connectivity index (χ3v) is 2.41. The maximum atomic E-state index is 13.1. The first kappa shape index (κ1) is 11.8. The van der Waals surface area contributed by atoms with E-state index >= 15 is 0 Å². The number of nitrogens with zero attached hydrogens (tertiary/aromatic N) is 2. The summed E-state index contributed by atoms with van der Waals surface area (Å²) < 4.78 is 30.7. The molecule has 1 aliphatic rings. The number of halogens is 2. The van der Waals surface area contributed by atoms with E-state index in [1.165, 1.54) is 7.11 Å². The van der Waals surface area contributed by atoms with Gasteiger partial charge in [-0.3, -0.25) is 4.90 Å². The molecule has 0 spiro atoms. The summed E-state index contributed by atoms with van der Waals surface area (Å²) >= 11 is 0. The minimum atomic E-state index is -2.72. The first-order chi connectivity index (χ1) is 6.53. The molecule has 0 aromatic heterocycles. The summed E-state index contributed by atoms with van der Waals surface area (Å²) in [6.07, 6.45) is 0. The number of hydrogen-bond donors (Lipinski definition) is 0. The summed E-state index contributed by atoms with van der Waals surface area (Å²) in [6.45, 7) is 2.49. The van der Waals surface area contributed by atoms with Crippen molar-refractivity contribution in [1.82, 2.24) is 9.80 Å². The molecule has 0 aromatic carbocycles. The first-order valence-corrected chi connectivity index (χ1v) is 4.81. The fraction of sp³-hybridized carbons (Fsp3) is 1.00. The fourth-order valence-corrected chi connectivity index (χ4v) is 1.59. The van der Waals surface area contributed by atoms with Crippen LogP contribution >= 0.6 is 0 Å². The molecule has 0 radical (unpaired) electrons. The summed E-state index contributed by atoms with van der Waals surface area (Å²) in [7, 11) is 3.31. The number of hydrogen-bond acceptors (Lipinski definition) is 3. The molecular weight excluding hydrogens is 190 g/mol. The van der Waals surface area contributed by atoms with Gasteiger partial charge in [0.1, 0.15) is 6.61 Å². The van der Waals surface area contributed by atoms with Crippen LogP contribution in [-0.2, 0) is 4.74 Å². The molecule has 0 amide bonds. The van der Waals surface area contributed by atoms with Crippen molar-refractivity contribution >= 4 is 0 Å². The lowest BCUT2D eigenvalue weighted by Crippen LogP contribution is -2.49. The quantitative estimate of drug-likeness (QED) is 0.669. The van der Waals surface area contributed by atoms with Crippen molar-refractivity contribution in [3.05, 3.63) is 0 Å². The number of alkyl halides is 2. The van der Waals surface area contributed by atoms with Crippen LogP contribution in [0.4, 0.5) is 8.78 Å². The SMILES string of the molecule is COCC(F)(F)CN1CCN(C)CC1. The molecule has 0 unspecified atom stereocenters. The molecule has 1 heterocycles. The van der Waals surface area contributed by atoms with E-state index in [9.17, 15) is 8.78 Å². The summed E-state index contributed by atoms with van der Waals surface area (Å²) in [6, 6.07) is 0. The molecule has 1 rings (SSSR count).